The van der Waals surface area contributed by atoms with Crippen LogP contribution < -0.4 is 21.2 Å². The molecule has 4 aromatic carbocycles. The lowest BCUT2D eigenvalue weighted by Gasteiger charge is -2.47. The van der Waals surface area contributed by atoms with Crippen LogP contribution in [0.15, 0.2) is 121 Å². The molecule has 1 nitrogen and oxygen atoms in total. The fraction of sp³-hybridized carbons (Fsp3) is 0.294. The number of hydrogen-bond acceptors (Lipinski definition) is 1. The van der Waals surface area contributed by atoms with Crippen LogP contribution in [0, 0.1) is 16.7 Å². The summed E-state index contributed by atoms with van der Waals surface area (Å²) < 4.78 is 0. The zero-order chi connectivity index (χ0) is 25.7. The summed E-state index contributed by atoms with van der Waals surface area (Å²) >= 11 is 0. The van der Waals surface area contributed by atoms with Crippen LogP contribution in [0.4, 0.5) is 0 Å². The van der Waals surface area contributed by atoms with Crippen LogP contribution in [0.25, 0.3) is 0 Å². The van der Waals surface area contributed by atoms with Gasteiger partial charge in [0.2, 0.25) is 0 Å². The van der Waals surface area contributed by atoms with E-state index in [-0.39, 0.29) is 17.4 Å². The normalized spacial score (nSPS) is 23.5. The van der Waals surface area contributed by atoms with Crippen LogP contribution in [0.5, 0.6) is 0 Å². The molecule has 3 heteroatoms. The van der Waals surface area contributed by atoms with Crippen molar-refractivity contribution in [1.29, 1.82) is 0 Å². The third-order valence-electron chi connectivity index (χ3n) is 8.83. The van der Waals surface area contributed by atoms with Crippen molar-refractivity contribution in [2.75, 3.05) is 18.9 Å². The van der Waals surface area contributed by atoms with E-state index in [4.69, 9.17) is 0 Å². The minimum absolute atomic E-state index is 0.0310. The first-order chi connectivity index (χ1) is 18.0. The SMILES string of the molecule is CC1(CO)CCC(CP(c2ccccc2)c2ccccc2)C1(C)CP(c1ccccc1)c1ccccc1. The Labute approximate surface area is 225 Å². The standard InChI is InChI=1S/C34H38OP2/c1-33(26-35)24-23-28(25-36(29-15-7-3-8-16-29)30-17-9-4-10-18-30)34(33,2)27-37(31-19-11-5-12-20-31)32-21-13-6-14-22-32/h3-22,28,35H,23-27H2,1-2H3. The topological polar surface area (TPSA) is 20.2 Å². The van der Waals surface area contributed by atoms with Crippen molar-refractivity contribution in [2.24, 2.45) is 16.7 Å². The Hall–Kier alpha value is -2.30. The fourth-order valence-electron chi connectivity index (χ4n) is 6.13. The van der Waals surface area contributed by atoms with Gasteiger partial charge in [-0.1, -0.05) is 135 Å². The molecule has 3 atom stereocenters. The minimum Gasteiger partial charge on any atom is -0.396 e. The van der Waals surface area contributed by atoms with Crippen molar-refractivity contribution in [2.45, 2.75) is 26.7 Å². The lowest BCUT2D eigenvalue weighted by molar-refractivity contribution is 0.0338. The molecule has 0 aromatic heterocycles. The van der Waals surface area contributed by atoms with Crippen LogP contribution in [0.2, 0.25) is 0 Å². The zero-order valence-corrected chi connectivity index (χ0v) is 23.8. The average molecular weight is 525 g/mol. The molecule has 0 saturated heterocycles. The smallest absolute Gasteiger partial charge is 0.0490 e. The summed E-state index contributed by atoms with van der Waals surface area (Å²) in [6.45, 7) is 5.11. The van der Waals surface area contributed by atoms with E-state index in [1.165, 1.54) is 33.8 Å². The van der Waals surface area contributed by atoms with Crippen molar-refractivity contribution in [3.05, 3.63) is 121 Å². The van der Waals surface area contributed by atoms with Gasteiger partial charge in [0.25, 0.3) is 0 Å². The molecule has 0 amide bonds. The number of aliphatic hydroxyl groups excluding tert-OH is 1. The van der Waals surface area contributed by atoms with E-state index in [0.29, 0.717) is 5.92 Å². The first-order valence-electron chi connectivity index (χ1n) is 13.4. The summed E-state index contributed by atoms with van der Waals surface area (Å²) in [5.41, 5.74) is -0.0561. The van der Waals surface area contributed by atoms with Gasteiger partial charge in [-0.3, -0.25) is 0 Å². The van der Waals surface area contributed by atoms with Crippen LogP contribution in [0.3, 0.4) is 0 Å². The molecule has 1 aliphatic rings. The van der Waals surface area contributed by atoms with Gasteiger partial charge in [-0.05, 0) is 79.0 Å². The zero-order valence-electron chi connectivity index (χ0n) is 22.0. The molecule has 1 saturated carbocycles. The molecule has 37 heavy (non-hydrogen) atoms. The van der Waals surface area contributed by atoms with Gasteiger partial charge in [-0.2, -0.15) is 0 Å². The van der Waals surface area contributed by atoms with Gasteiger partial charge < -0.3 is 5.11 Å². The van der Waals surface area contributed by atoms with E-state index < -0.39 is 15.8 Å². The van der Waals surface area contributed by atoms with E-state index in [1.807, 2.05) is 0 Å². The van der Waals surface area contributed by atoms with Gasteiger partial charge in [0.1, 0.15) is 0 Å². The second kappa shape index (κ2) is 11.6. The molecule has 190 valence electrons. The summed E-state index contributed by atoms with van der Waals surface area (Å²) in [7, 11) is -1.01. The lowest BCUT2D eigenvalue weighted by atomic mass is 9.66. The molecule has 0 bridgehead atoms. The molecule has 0 heterocycles. The van der Waals surface area contributed by atoms with Crippen molar-refractivity contribution in [3.63, 3.8) is 0 Å². The van der Waals surface area contributed by atoms with E-state index in [2.05, 4.69) is 135 Å². The second-order valence-electron chi connectivity index (χ2n) is 10.9. The maximum atomic E-state index is 10.8. The Balaban J connectivity index is 1.54. The maximum absolute atomic E-state index is 10.8. The van der Waals surface area contributed by atoms with E-state index in [1.54, 1.807) is 0 Å². The van der Waals surface area contributed by atoms with Gasteiger partial charge in [0.15, 0.2) is 0 Å². The Morgan fingerprint density at radius 1 is 0.622 bits per heavy atom. The van der Waals surface area contributed by atoms with Gasteiger partial charge >= 0.3 is 0 Å². The Bertz CT molecular complexity index is 1170. The fourth-order valence-corrected chi connectivity index (χ4v) is 12.0. The summed E-state index contributed by atoms with van der Waals surface area (Å²) in [5.74, 6) is 0.550. The summed E-state index contributed by atoms with van der Waals surface area (Å²) in [4.78, 5) is 0. The van der Waals surface area contributed by atoms with Crippen molar-refractivity contribution >= 4 is 37.1 Å². The maximum Gasteiger partial charge on any atom is 0.0490 e. The molecule has 0 radical (unpaired) electrons. The predicted octanol–water partition coefficient (Wildman–Crippen LogP) is 6.67. The highest BCUT2D eigenvalue weighted by atomic mass is 31.1. The van der Waals surface area contributed by atoms with Crippen molar-refractivity contribution in [3.8, 4) is 0 Å². The highest BCUT2D eigenvalue weighted by Crippen LogP contribution is 2.62. The minimum atomic E-state index is -0.539. The monoisotopic (exact) mass is 524 g/mol. The van der Waals surface area contributed by atoms with Crippen LogP contribution in [0.1, 0.15) is 26.7 Å². The molecule has 1 N–H and O–H groups in total. The van der Waals surface area contributed by atoms with Gasteiger partial charge in [0.05, 0.1) is 0 Å². The largest absolute Gasteiger partial charge is 0.396 e. The Morgan fingerprint density at radius 2 is 1.00 bits per heavy atom. The molecule has 4 aromatic rings. The molecular formula is C34H38OP2. The molecule has 1 aliphatic carbocycles. The first kappa shape index (κ1) is 26.3. The third-order valence-corrected chi connectivity index (χ3v) is 14.3. The molecule has 1 fully saturated rings. The third kappa shape index (κ3) is 5.47. The van der Waals surface area contributed by atoms with Crippen LogP contribution in [-0.2, 0) is 0 Å². The second-order valence-corrected chi connectivity index (χ2v) is 15.4. The quantitative estimate of drug-likeness (QED) is 0.243. The molecule has 0 aliphatic heterocycles. The van der Waals surface area contributed by atoms with Crippen LogP contribution >= 0.6 is 15.8 Å². The number of benzene rings is 4. The molecule has 5 rings (SSSR count). The predicted molar refractivity (Wildman–Crippen MR) is 164 cm³/mol. The van der Waals surface area contributed by atoms with Gasteiger partial charge in [-0.25, -0.2) is 0 Å². The molecular weight excluding hydrogens is 486 g/mol. The number of hydrogen-bond donors (Lipinski definition) is 1. The Morgan fingerprint density at radius 3 is 1.38 bits per heavy atom. The summed E-state index contributed by atoms with van der Waals surface area (Å²) in [6, 6.07) is 44.4. The lowest BCUT2D eigenvalue weighted by Crippen LogP contribution is -2.44. The van der Waals surface area contributed by atoms with E-state index >= 15 is 0 Å². The highest BCUT2D eigenvalue weighted by Gasteiger charge is 2.55. The Kier molecular flexibility index (Phi) is 8.26. The summed E-state index contributed by atoms with van der Waals surface area (Å²) in [6.07, 6.45) is 4.54. The molecule has 0 spiro atoms. The van der Waals surface area contributed by atoms with Crippen molar-refractivity contribution in [1.82, 2.24) is 0 Å². The van der Waals surface area contributed by atoms with Crippen molar-refractivity contribution < 1.29 is 5.11 Å². The van der Waals surface area contributed by atoms with E-state index in [9.17, 15) is 5.11 Å². The number of aliphatic hydroxyl groups is 1. The average Bonchev–Trinajstić information content (AvgIpc) is 3.21. The van der Waals surface area contributed by atoms with E-state index in [0.717, 1.165) is 12.6 Å². The molecule has 3 unspecified atom stereocenters. The number of rotatable bonds is 9. The van der Waals surface area contributed by atoms with Gasteiger partial charge in [0, 0.05) is 6.61 Å². The summed E-state index contributed by atoms with van der Waals surface area (Å²) in [5, 5.41) is 16.6. The van der Waals surface area contributed by atoms with Crippen LogP contribution in [-0.4, -0.2) is 24.0 Å². The van der Waals surface area contributed by atoms with Gasteiger partial charge in [-0.15, -0.1) is 0 Å². The first-order valence-corrected chi connectivity index (χ1v) is 16.5. The highest BCUT2D eigenvalue weighted by molar-refractivity contribution is 7.73.